The highest BCUT2D eigenvalue weighted by Gasteiger charge is 2.31. The zero-order valence-corrected chi connectivity index (χ0v) is 13.1. The van der Waals surface area contributed by atoms with Crippen molar-refractivity contribution in [3.8, 4) is 5.75 Å². The van der Waals surface area contributed by atoms with Crippen molar-refractivity contribution in [1.82, 2.24) is 4.90 Å². The smallest absolute Gasteiger partial charge is 0.225 e. The second-order valence-corrected chi connectivity index (χ2v) is 5.88. The molecule has 0 saturated carbocycles. The molecule has 0 radical (unpaired) electrons. The molecular formula is C17H22FNO4. The molecule has 0 bridgehead atoms. The molecule has 0 unspecified atom stereocenters. The van der Waals surface area contributed by atoms with Crippen molar-refractivity contribution >= 4 is 5.91 Å². The first kappa shape index (κ1) is 16.2. The standard InChI is InChI=1S/C17H22FNO4/c18-14-1-3-15(4-2-14)21-10-7-16(20)19-8-5-13(6-9-19)17-22-11-12-23-17/h1-4,13,17H,5-12H2. The average Bonchev–Trinajstić information content (AvgIpc) is 3.11. The summed E-state index contributed by atoms with van der Waals surface area (Å²) in [5.41, 5.74) is 0. The highest BCUT2D eigenvalue weighted by molar-refractivity contribution is 5.76. The van der Waals surface area contributed by atoms with E-state index in [1.54, 1.807) is 12.1 Å². The van der Waals surface area contributed by atoms with Crippen molar-refractivity contribution < 1.29 is 23.4 Å². The summed E-state index contributed by atoms with van der Waals surface area (Å²) >= 11 is 0. The molecule has 2 saturated heterocycles. The number of benzene rings is 1. The summed E-state index contributed by atoms with van der Waals surface area (Å²) in [5, 5.41) is 0. The minimum Gasteiger partial charge on any atom is -0.493 e. The van der Waals surface area contributed by atoms with Crippen LogP contribution in [0.2, 0.25) is 0 Å². The molecule has 0 spiro atoms. The number of hydrogen-bond donors (Lipinski definition) is 0. The Kier molecular flexibility index (Phi) is 5.46. The first-order valence-electron chi connectivity index (χ1n) is 8.12. The lowest BCUT2D eigenvalue weighted by atomic mass is 9.96. The summed E-state index contributed by atoms with van der Waals surface area (Å²) in [4.78, 5) is 14.1. The monoisotopic (exact) mass is 323 g/mol. The normalized spacial score (nSPS) is 20.0. The first-order valence-corrected chi connectivity index (χ1v) is 8.12. The Balaban J connectivity index is 1.36. The number of likely N-dealkylation sites (tertiary alicyclic amines) is 1. The predicted octanol–water partition coefficient (Wildman–Crippen LogP) is 2.21. The summed E-state index contributed by atoms with van der Waals surface area (Å²) in [6.45, 7) is 3.13. The van der Waals surface area contributed by atoms with Gasteiger partial charge >= 0.3 is 0 Å². The lowest BCUT2D eigenvalue weighted by Crippen LogP contribution is -2.41. The molecule has 5 nitrogen and oxygen atoms in total. The topological polar surface area (TPSA) is 48.0 Å². The number of ether oxygens (including phenoxy) is 3. The highest BCUT2D eigenvalue weighted by atomic mass is 19.1. The number of halogens is 1. The van der Waals surface area contributed by atoms with Crippen LogP contribution in [0.4, 0.5) is 4.39 Å². The molecule has 0 aliphatic carbocycles. The van der Waals surface area contributed by atoms with Crippen molar-refractivity contribution in [3.63, 3.8) is 0 Å². The van der Waals surface area contributed by atoms with E-state index in [0.29, 0.717) is 37.9 Å². The summed E-state index contributed by atoms with van der Waals surface area (Å²) < 4.78 is 29.3. The van der Waals surface area contributed by atoms with Crippen molar-refractivity contribution in [2.45, 2.75) is 25.6 Å². The van der Waals surface area contributed by atoms with E-state index < -0.39 is 0 Å². The van der Waals surface area contributed by atoms with Crippen LogP contribution in [0.15, 0.2) is 24.3 Å². The molecule has 2 aliphatic rings. The van der Waals surface area contributed by atoms with Gasteiger partial charge in [-0.15, -0.1) is 0 Å². The Bertz CT molecular complexity index is 508. The van der Waals surface area contributed by atoms with E-state index in [2.05, 4.69) is 0 Å². The van der Waals surface area contributed by atoms with Crippen LogP contribution in [0, 0.1) is 11.7 Å². The van der Waals surface area contributed by atoms with Gasteiger partial charge in [-0.25, -0.2) is 4.39 Å². The molecule has 2 aliphatic heterocycles. The molecule has 6 heteroatoms. The van der Waals surface area contributed by atoms with Crippen LogP contribution in [-0.2, 0) is 14.3 Å². The number of carbonyl (C=O) groups is 1. The third-order valence-electron chi connectivity index (χ3n) is 4.32. The summed E-state index contributed by atoms with van der Waals surface area (Å²) in [7, 11) is 0. The maximum Gasteiger partial charge on any atom is 0.225 e. The first-order chi connectivity index (χ1) is 11.2. The van der Waals surface area contributed by atoms with Crippen LogP contribution in [-0.4, -0.2) is 50.0 Å². The molecule has 0 N–H and O–H groups in total. The number of piperidine rings is 1. The number of carbonyl (C=O) groups excluding carboxylic acids is 1. The molecule has 1 aromatic rings. The van der Waals surface area contributed by atoms with Gasteiger partial charge in [-0.2, -0.15) is 0 Å². The van der Waals surface area contributed by atoms with E-state index in [1.807, 2.05) is 4.90 Å². The summed E-state index contributed by atoms with van der Waals surface area (Å²) in [5.74, 6) is 0.760. The minimum absolute atomic E-state index is 0.0888. The van der Waals surface area contributed by atoms with Crippen LogP contribution in [0.5, 0.6) is 5.75 Å². The van der Waals surface area contributed by atoms with Gasteiger partial charge in [0, 0.05) is 19.0 Å². The van der Waals surface area contributed by atoms with E-state index in [0.717, 1.165) is 25.9 Å². The summed E-state index contributed by atoms with van der Waals surface area (Å²) in [6.07, 6.45) is 2.07. The van der Waals surface area contributed by atoms with E-state index in [1.165, 1.54) is 12.1 Å². The third kappa shape index (κ3) is 4.42. The minimum atomic E-state index is -0.300. The van der Waals surface area contributed by atoms with Crippen LogP contribution >= 0.6 is 0 Å². The van der Waals surface area contributed by atoms with Crippen LogP contribution < -0.4 is 4.74 Å². The van der Waals surface area contributed by atoms with Crippen LogP contribution in [0.3, 0.4) is 0 Å². The number of nitrogens with zero attached hydrogens (tertiary/aromatic N) is 1. The molecule has 3 rings (SSSR count). The quantitative estimate of drug-likeness (QED) is 0.833. The van der Waals surface area contributed by atoms with Crippen molar-refractivity contribution in [3.05, 3.63) is 30.1 Å². The summed E-state index contributed by atoms with van der Waals surface area (Å²) in [6, 6.07) is 5.81. The fraction of sp³-hybridized carbons (Fsp3) is 0.588. The fourth-order valence-electron chi connectivity index (χ4n) is 3.01. The van der Waals surface area contributed by atoms with Crippen molar-refractivity contribution in [1.29, 1.82) is 0 Å². The van der Waals surface area contributed by atoms with Crippen molar-refractivity contribution in [2.75, 3.05) is 32.9 Å². The largest absolute Gasteiger partial charge is 0.493 e. The van der Waals surface area contributed by atoms with Gasteiger partial charge < -0.3 is 19.1 Å². The Hall–Kier alpha value is -1.66. The number of hydrogen-bond acceptors (Lipinski definition) is 4. The molecular weight excluding hydrogens is 301 g/mol. The predicted molar refractivity (Wildman–Crippen MR) is 81.5 cm³/mol. The third-order valence-corrected chi connectivity index (χ3v) is 4.32. The number of rotatable bonds is 5. The molecule has 0 atom stereocenters. The lowest BCUT2D eigenvalue weighted by molar-refractivity contribution is -0.137. The van der Waals surface area contributed by atoms with Gasteiger partial charge in [-0.3, -0.25) is 4.79 Å². The zero-order chi connectivity index (χ0) is 16.1. The Morgan fingerprint density at radius 3 is 2.48 bits per heavy atom. The second kappa shape index (κ2) is 7.75. The highest BCUT2D eigenvalue weighted by Crippen LogP contribution is 2.26. The maximum absolute atomic E-state index is 12.8. The Morgan fingerprint density at radius 1 is 1.17 bits per heavy atom. The van der Waals surface area contributed by atoms with Crippen molar-refractivity contribution in [2.24, 2.45) is 5.92 Å². The van der Waals surface area contributed by atoms with E-state index in [-0.39, 0.29) is 18.0 Å². The van der Waals surface area contributed by atoms with Crippen LogP contribution in [0.25, 0.3) is 0 Å². The maximum atomic E-state index is 12.8. The average molecular weight is 323 g/mol. The SMILES string of the molecule is O=C(CCOc1ccc(F)cc1)N1CCC(C2OCCO2)CC1. The molecule has 23 heavy (non-hydrogen) atoms. The molecule has 2 heterocycles. The van der Waals surface area contributed by atoms with Gasteiger partial charge in [-0.1, -0.05) is 0 Å². The van der Waals surface area contributed by atoms with E-state index >= 15 is 0 Å². The van der Waals surface area contributed by atoms with E-state index in [9.17, 15) is 9.18 Å². The zero-order valence-electron chi connectivity index (χ0n) is 13.1. The van der Waals surface area contributed by atoms with Gasteiger partial charge in [0.2, 0.25) is 5.91 Å². The van der Waals surface area contributed by atoms with Gasteiger partial charge in [0.05, 0.1) is 26.2 Å². The molecule has 0 aromatic heterocycles. The van der Waals surface area contributed by atoms with Gasteiger partial charge in [-0.05, 0) is 37.1 Å². The van der Waals surface area contributed by atoms with Gasteiger partial charge in [0.25, 0.3) is 0 Å². The Labute approximate surface area is 135 Å². The molecule has 2 fully saturated rings. The fourth-order valence-corrected chi connectivity index (χ4v) is 3.01. The number of amides is 1. The second-order valence-electron chi connectivity index (χ2n) is 5.88. The molecule has 126 valence electrons. The van der Waals surface area contributed by atoms with E-state index in [4.69, 9.17) is 14.2 Å². The van der Waals surface area contributed by atoms with Crippen LogP contribution in [0.1, 0.15) is 19.3 Å². The molecule has 1 aromatic carbocycles. The Morgan fingerprint density at radius 2 is 1.83 bits per heavy atom. The lowest BCUT2D eigenvalue weighted by Gasteiger charge is -2.33. The van der Waals surface area contributed by atoms with Gasteiger partial charge in [0.15, 0.2) is 6.29 Å². The molecule has 1 amide bonds. The van der Waals surface area contributed by atoms with Gasteiger partial charge in [0.1, 0.15) is 11.6 Å².